The lowest BCUT2D eigenvalue weighted by molar-refractivity contribution is -0.136. The maximum absolute atomic E-state index is 13.4. The summed E-state index contributed by atoms with van der Waals surface area (Å²) in [5.41, 5.74) is 2.79. The van der Waals surface area contributed by atoms with Crippen molar-refractivity contribution in [3.05, 3.63) is 52.8 Å². The van der Waals surface area contributed by atoms with E-state index in [2.05, 4.69) is 24.5 Å². The number of carbonyl (C=O) groups is 4. The smallest absolute Gasteiger partial charge is 0.272 e. The van der Waals surface area contributed by atoms with Crippen LogP contribution in [-0.4, -0.2) is 93.7 Å². The Morgan fingerprint density at radius 3 is 2.62 bits per heavy atom. The molecular formula is C31H44N6O5. The summed E-state index contributed by atoms with van der Waals surface area (Å²) in [4.78, 5) is 56.1. The summed E-state index contributed by atoms with van der Waals surface area (Å²) in [6.07, 6.45) is 3.75. The molecule has 0 saturated carbocycles. The third-order valence-corrected chi connectivity index (χ3v) is 7.91. The highest BCUT2D eigenvalue weighted by molar-refractivity contribution is 5.95. The quantitative estimate of drug-likeness (QED) is 0.457. The molecule has 2 aliphatic rings. The standard InChI is InChI=1S/C31H44N6O5/c1-22(2)13-17-37-26-12-11-24-20-25(26)29(34-37)30(41)32-14-18-35(31(42)23-8-4-3-5-9-23)15-6-10-28(40)36(16-7-19-38)21-27(39)33-24/h3-5,8-9,22,24,38H,6-7,10-21H2,1-2H3,(H,32,41)(H,33,39). The molecule has 2 aromatic rings. The minimum Gasteiger partial charge on any atom is -0.396 e. The molecule has 0 fully saturated rings. The lowest BCUT2D eigenvalue weighted by Crippen LogP contribution is -2.46. The summed E-state index contributed by atoms with van der Waals surface area (Å²) in [5.74, 6) is -0.435. The molecule has 3 N–H and O–H groups in total. The van der Waals surface area contributed by atoms with E-state index in [4.69, 9.17) is 5.10 Å². The second-order valence-electron chi connectivity index (χ2n) is 11.6. The van der Waals surface area contributed by atoms with Crippen molar-refractivity contribution in [3.63, 3.8) is 0 Å². The van der Waals surface area contributed by atoms with Crippen molar-refractivity contribution in [1.29, 1.82) is 0 Å². The van der Waals surface area contributed by atoms with Gasteiger partial charge in [-0.25, -0.2) is 0 Å². The number of aliphatic hydroxyl groups excluding tert-OH is 1. The number of fused-ring (bicyclic) bond motifs is 1. The van der Waals surface area contributed by atoms with Crippen LogP contribution in [0.25, 0.3) is 0 Å². The van der Waals surface area contributed by atoms with Gasteiger partial charge in [-0.05, 0) is 56.6 Å². The van der Waals surface area contributed by atoms with Crippen LogP contribution in [0.15, 0.2) is 30.3 Å². The summed E-state index contributed by atoms with van der Waals surface area (Å²) < 4.78 is 1.95. The van der Waals surface area contributed by atoms with Gasteiger partial charge in [-0.2, -0.15) is 5.10 Å². The Kier molecular flexibility index (Phi) is 11.1. The van der Waals surface area contributed by atoms with Crippen LogP contribution in [0.4, 0.5) is 0 Å². The SMILES string of the molecule is CC(C)CCn1nc2c3c1CCC(C3)NC(=O)CN(CCCO)C(=O)CCCN(C(=O)c1ccccc1)CCNC2=O. The highest BCUT2D eigenvalue weighted by atomic mass is 16.3. The number of carbonyl (C=O) groups excluding carboxylic acids is 4. The first-order valence-corrected chi connectivity index (χ1v) is 15.2. The number of hydrogen-bond donors (Lipinski definition) is 3. The van der Waals surface area contributed by atoms with Gasteiger partial charge < -0.3 is 25.5 Å². The van der Waals surface area contributed by atoms with E-state index in [1.165, 1.54) is 4.90 Å². The zero-order chi connectivity index (χ0) is 30.1. The minimum atomic E-state index is -0.289. The van der Waals surface area contributed by atoms with Crippen molar-refractivity contribution in [2.24, 2.45) is 5.92 Å². The Morgan fingerprint density at radius 2 is 1.88 bits per heavy atom. The molecule has 0 saturated heterocycles. The molecule has 1 unspecified atom stereocenters. The molecule has 2 bridgehead atoms. The van der Waals surface area contributed by atoms with Crippen LogP contribution in [0.1, 0.15) is 78.1 Å². The fourth-order valence-electron chi connectivity index (χ4n) is 5.60. The predicted molar refractivity (Wildman–Crippen MR) is 158 cm³/mol. The molecule has 42 heavy (non-hydrogen) atoms. The minimum absolute atomic E-state index is 0.0826. The van der Waals surface area contributed by atoms with E-state index in [0.29, 0.717) is 62.4 Å². The molecule has 11 nitrogen and oxygen atoms in total. The Morgan fingerprint density at radius 1 is 1.10 bits per heavy atom. The molecule has 1 aromatic carbocycles. The average Bonchev–Trinajstić information content (AvgIpc) is 3.34. The van der Waals surface area contributed by atoms with Gasteiger partial charge >= 0.3 is 0 Å². The summed E-state index contributed by atoms with van der Waals surface area (Å²) in [6.45, 7) is 5.94. The first-order valence-electron chi connectivity index (χ1n) is 15.2. The van der Waals surface area contributed by atoms with E-state index >= 15 is 0 Å². The van der Waals surface area contributed by atoms with Crippen LogP contribution in [0.2, 0.25) is 0 Å². The van der Waals surface area contributed by atoms with Gasteiger partial charge in [0.25, 0.3) is 11.8 Å². The van der Waals surface area contributed by atoms with Gasteiger partial charge in [0.05, 0.1) is 6.54 Å². The Balaban J connectivity index is 1.60. The first-order chi connectivity index (χ1) is 20.3. The maximum Gasteiger partial charge on any atom is 0.272 e. The second-order valence-corrected chi connectivity index (χ2v) is 11.6. The maximum atomic E-state index is 13.4. The molecule has 1 atom stereocenters. The average molecular weight is 581 g/mol. The Bertz CT molecular complexity index is 1240. The van der Waals surface area contributed by atoms with Crippen molar-refractivity contribution in [1.82, 2.24) is 30.2 Å². The van der Waals surface area contributed by atoms with E-state index in [1.54, 1.807) is 29.2 Å². The number of aryl methyl sites for hydroxylation is 1. The summed E-state index contributed by atoms with van der Waals surface area (Å²) in [7, 11) is 0. The van der Waals surface area contributed by atoms with Gasteiger partial charge in [0.2, 0.25) is 11.8 Å². The lowest BCUT2D eigenvalue weighted by atomic mass is 9.91. The number of nitrogens with zero attached hydrogens (tertiary/aromatic N) is 4. The molecule has 1 aliphatic heterocycles. The Labute approximate surface area is 247 Å². The van der Waals surface area contributed by atoms with Crippen molar-refractivity contribution >= 4 is 23.6 Å². The number of aromatic nitrogens is 2. The van der Waals surface area contributed by atoms with Crippen LogP contribution in [0.3, 0.4) is 0 Å². The Hall–Kier alpha value is -3.73. The number of aliphatic hydroxyl groups is 1. The van der Waals surface area contributed by atoms with Gasteiger partial charge in [-0.1, -0.05) is 32.0 Å². The number of rotatable bonds is 7. The van der Waals surface area contributed by atoms with Gasteiger partial charge in [0, 0.05) is 68.6 Å². The third kappa shape index (κ3) is 8.18. The van der Waals surface area contributed by atoms with Gasteiger partial charge in [-0.3, -0.25) is 23.9 Å². The van der Waals surface area contributed by atoms with E-state index < -0.39 is 0 Å². The monoisotopic (exact) mass is 580 g/mol. The predicted octanol–water partition coefficient (Wildman–Crippen LogP) is 1.78. The van der Waals surface area contributed by atoms with Crippen molar-refractivity contribution < 1.29 is 24.3 Å². The summed E-state index contributed by atoms with van der Waals surface area (Å²) >= 11 is 0. The van der Waals surface area contributed by atoms with E-state index in [9.17, 15) is 24.3 Å². The van der Waals surface area contributed by atoms with Crippen LogP contribution in [0, 0.1) is 5.92 Å². The van der Waals surface area contributed by atoms with Crippen LogP contribution in [0.5, 0.6) is 0 Å². The zero-order valence-corrected chi connectivity index (χ0v) is 24.8. The number of nitrogens with one attached hydrogen (secondary N) is 2. The van der Waals surface area contributed by atoms with Crippen LogP contribution in [-0.2, 0) is 29.0 Å². The molecule has 4 rings (SSSR count). The fraction of sp³-hybridized carbons (Fsp3) is 0.581. The highest BCUT2D eigenvalue weighted by Gasteiger charge is 2.31. The van der Waals surface area contributed by atoms with E-state index in [-0.39, 0.29) is 68.9 Å². The first kappa shape index (κ1) is 31.2. The zero-order valence-electron chi connectivity index (χ0n) is 24.8. The van der Waals surface area contributed by atoms with Gasteiger partial charge in [-0.15, -0.1) is 0 Å². The van der Waals surface area contributed by atoms with Crippen molar-refractivity contribution in [2.75, 3.05) is 39.3 Å². The van der Waals surface area contributed by atoms with Crippen LogP contribution >= 0.6 is 0 Å². The lowest BCUT2D eigenvalue weighted by Gasteiger charge is -2.27. The van der Waals surface area contributed by atoms with Crippen molar-refractivity contribution in [3.8, 4) is 0 Å². The molecule has 0 spiro atoms. The molecule has 2 heterocycles. The normalized spacial score (nSPS) is 19.0. The molecule has 4 amide bonds. The molecule has 228 valence electrons. The van der Waals surface area contributed by atoms with Crippen molar-refractivity contribution in [2.45, 2.75) is 71.4 Å². The number of hydrogen-bond acceptors (Lipinski definition) is 6. The molecule has 1 aliphatic carbocycles. The van der Waals surface area contributed by atoms with Crippen LogP contribution < -0.4 is 10.6 Å². The largest absolute Gasteiger partial charge is 0.396 e. The number of benzene rings is 1. The highest BCUT2D eigenvalue weighted by Crippen LogP contribution is 2.26. The second kappa shape index (κ2) is 14.9. The summed E-state index contributed by atoms with van der Waals surface area (Å²) in [6, 6.07) is 8.76. The molecular weight excluding hydrogens is 536 g/mol. The number of amides is 4. The van der Waals surface area contributed by atoms with Gasteiger partial charge in [0.15, 0.2) is 5.69 Å². The van der Waals surface area contributed by atoms with E-state index in [1.807, 2.05) is 10.7 Å². The fourth-order valence-corrected chi connectivity index (χ4v) is 5.60. The molecule has 1 aromatic heterocycles. The third-order valence-electron chi connectivity index (χ3n) is 7.91. The molecule has 0 radical (unpaired) electrons. The molecule has 11 heteroatoms. The van der Waals surface area contributed by atoms with Gasteiger partial charge in [0.1, 0.15) is 0 Å². The van der Waals surface area contributed by atoms with E-state index in [0.717, 1.165) is 17.7 Å². The topological polar surface area (TPSA) is 137 Å². The summed E-state index contributed by atoms with van der Waals surface area (Å²) in [5, 5.41) is 20.1.